The summed E-state index contributed by atoms with van der Waals surface area (Å²) >= 11 is 13.1. The van der Waals surface area contributed by atoms with Gasteiger partial charge in [0.15, 0.2) is 21.7 Å². The summed E-state index contributed by atoms with van der Waals surface area (Å²) in [6, 6.07) is 7.13. The minimum atomic E-state index is -4.26. The summed E-state index contributed by atoms with van der Waals surface area (Å²) in [6.45, 7) is 6.38. The van der Waals surface area contributed by atoms with Gasteiger partial charge in [0, 0.05) is 0 Å². The van der Waals surface area contributed by atoms with Crippen molar-refractivity contribution in [1.82, 2.24) is 24.6 Å². The van der Waals surface area contributed by atoms with Crippen LogP contribution >= 0.6 is 30.9 Å². The van der Waals surface area contributed by atoms with E-state index in [9.17, 15) is 14.5 Å². The van der Waals surface area contributed by atoms with Crippen LogP contribution in [0.15, 0.2) is 36.7 Å². The van der Waals surface area contributed by atoms with E-state index in [1.165, 1.54) is 17.8 Å². The Kier molecular flexibility index (Phi) is 9.64. The highest BCUT2D eigenvalue weighted by molar-refractivity contribution is 7.52. The third kappa shape index (κ3) is 7.03. The first-order valence-corrected chi connectivity index (χ1v) is 15.0. The fourth-order valence-corrected chi connectivity index (χ4v) is 6.02. The number of carbonyl (C=O) groups excluding carboxylic acids is 1. The van der Waals surface area contributed by atoms with Crippen molar-refractivity contribution in [3.8, 4) is 11.6 Å². The average molecular weight is 633 g/mol. The van der Waals surface area contributed by atoms with Crippen molar-refractivity contribution in [3.63, 3.8) is 0 Å². The molecule has 0 saturated carbocycles. The van der Waals surface area contributed by atoms with Gasteiger partial charge in [0.25, 0.3) is 0 Å². The fourth-order valence-electron chi connectivity index (χ4n) is 3.93. The van der Waals surface area contributed by atoms with Gasteiger partial charge in [0.2, 0.25) is 11.8 Å². The average Bonchev–Trinajstić information content (AvgIpc) is 3.41. The molecule has 1 aliphatic rings. The molecule has 0 bridgehead atoms. The number of halogens is 2. The van der Waals surface area contributed by atoms with Crippen molar-refractivity contribution in [1.29, 1.82) is 0 Å². The number of ether oxygens (including phenoxy) is 3. The summed E-state index contributed by atoms with van der Waals surface area (Å²) in [4.78, 5) is 24.9. The van der Waals surface area contributed by atoms with Crippen LogP contribution in [0.25, 0.3) is 11.2 Å². The van der Waals surface area contributed by atoms with E-state index >= 15 is 0 Å². The Hall–Kier alpha value is -2.71. The molecule has 3 aromatic rings. The Labute approximate surface area is 246 Å². The predicted octanol–water partition coefficient (Wildman–Crippen LogP) is 3.37. The van der Waals surface area contributed by atoms with E-state index < -0.39 is 55.2 Å². The van der Waals surface area contributed by atoms with Crippen LogP contribution in [0, 0.1) is 0 Å². The molecule has 0 unspecified atom stereocenters. The fraction of sp³-hybridized carbons (Fsp3) is 0.500. The topological polar surface area (TPSA) is 182 Å². The number of aliphatic hydroxyl groups is 1. The molecule has 3 heterocycles. The number of carbonyl (C=O) groups is 1. The Balaban J connectivity index is 1.56. The molecule has 0 spiro atoms. The third-order valence-corrected chi connectivity index (χ3v) is 8.22. The smallest absolute Gasteiger partial charge is 0.459 e. The normalized spacial score (nSPS) is 22.4. The van der Waals surface area contributed by atoms with E-state index in [0.717, 1.165) is 0 Å². The SMILES string of the molecule is CCOc1nc(N)nc2c1ncn2[C@@H]1O[C@H](CO[P@@](=O)(N[C@H](C)C(=O)OC(C)C)Oc2ccccc2)[C@@H](O)C1(Cl)Cl. The number of esters is 1. The number of nitrogens with zero attached hydrogens (tertiary/aromatic N) is 4. The molecule has 0 radical (unpaired) electrons. The van der Waals surface area contributed by atoms with Gasteiger partial charge in [-0.1, -0.05) is 41.4 Å². The number of anilines is 1. The number of para-hydroxylation sites is 1. The quantitative estimate of drug-likeness (QED) is 0.150. The number of fused-ring (bicyclic) bond motifs is 1. The van der Waals surface area contributed by atoms with Crippen LogP contribution in [0.5, 0.6) is 11.6 Å². The zero-order valence-corrected chi connectivity index (χ0v) is 25.0. The summed E-state index contributed by atoms with van der Waals surface area (Å²) in [7, 11) is -4.26. The molecule has 14 nitrogen and oxygen atoms in total. The first-order chi connectivity index (χ1) is 19.3. The summed E-state index contributed by atoms with van der Waals surface area (Å²) in [5.41, 5.74) is 6.32. The minimum Gasteiger partial charge on any atom is -0.476 e. The first kappa shape index (κ1) is 31.2. The maximum absolute atomic E-state index is 13.8. The molecule has 1 saturated heterocycles. The number of aliphatic hydroxyl groups excluding tert-OH is 1. The number of hydrogen-bond donors (Lipinski definition) is 3. The molecule has 4 rings (SSSR count). The maximum Gasteiger partial charge on any atom is 0.459 e. The van der Waals surface area contributed by atoms with E-state index in [1.807, 2.05) is 0 Å². The Morgan fingerprint density at radius 1 is 1.27 bits per heavy atom. The second-order valence-corrected chi connectivity index (χ2v) is 12.5. The van der Waals surface area contributed by atoms with Gasteiger partial charge >= 0.3 is 13.7 Å². The predicted molar refractivity (Wildman–Crippen MR) is 150 cm³/mol. The number of rotatable bonds is 12. The van der Waals surface area contributed by atoms with Crippen LogP contribution in [0.1, 0.15) is 33.9 Å². The summed E-state index contributed by atoms with van der Waals surface area (Å²) in [5.74, 6) is -0.407. The van der Waals surface area contributed by atoms with E-state index in [-0.39, 0.29) is 28.7 Å². The highest BCUT2D eigenvalue weighted by atomic mass is 35.5. The van der Waals surface area contributed by atoms with Crippen molar-refractivity contribution in [3.05, 3.63) is 36.7 Å². The standard InChI is InChI=1S/C24H31Cl2N6O8P/c1-5-36-20-17-19(29-23(27)30-20)32(12-28-17)22-24(25,26)18(33)16(39-22)11-37-41(35,40-15-9-7-6-8-10-15)31-14(4)21(34)38-13(2)3/h6-10,12-14,16,18,22,33H,5,11H2,1-4H3,(H,31,35)(H2,27,29,30)/t14-,16-,18-,22-,41+/m1/s1. The zero-order chi connectivity index (χ0) is 29.9. The molecule has 224 valence electrons. The summed E-state index contributed by atoms with van der Waals surface area (Å²) in [5, 5.41) is 13.6. The first-order valence-electron chi connectivity index (χ1n) is 12.7. The summed E-state index contributed by atoms with van der Waals surface area (Å²) < 4.78 is 41.2. The lowest BCUT2D eigenvalue weighted by Crippen LogP contribution is -2.39. The number of nitrogen functional groups attached to an aromatic ring is 1. The zero-order valence-electron chi connectivity index (χ0n) is 22.6. The van der Waals surface area contributed by atoms with Gasteiger partial charge in [-0.25, -0.2) is 9.55 Å². The molecule has 1 aromatic carbocycles. The van der Waals surface area contributed by atoms with Crippen molar-refractivity contribution >= 4 is 54.0 Å². The lowest BCUT2D eigenvalue weighted by Gasteiger charge is -2.25. The van der Waals surface area contributed by atoms with Crippen LogP contribution in [-0.2, 0) is 23.4 Å². The Bertz CT molecular complexity index is 1410. The van der Waals surface area contributed by atoms with Gasteiger partial charge in [-0.2, -0.15) is 15.1 Å². The molecular weight excluding hydrogens is 602 g/mol. The Morgan fingerprint density at radius 3 is 2.63 bits per heavy atom. The number of aromatic nitrogens is 4. The van der Waals surface area contributed by atoms with Gasteiger partial charge in [-0.05, 0) is 39.8 Å². The second-order valence-electron chi connectivity index (χ2n) is 9.32. The third-order valence-electron chi connectivity index (χ3n) is 5.75. The van der Waals surface area contributed by atoms with E-state index in [1.54, 1.807) is 51.1 Å². The molecule has 0 amide bonds. The van der Waals surface area contributed by atoms with Gasteiger partial charge in [0.05, 0.1) is 25.6 Å². The number of imidazole rings is 1. The van der Waals surface area contributed by atoms with Crippen LogP contribution < -0.4 is 20.1 Å². The van der Waals surface area contributed by atoms with Gasteiger partial charge < -0.3 is 29.6 Å². The van der Waals surface area contributed by atoms with Crippen LogP contribution in [0.3, 0.4) is 0 Å². The second kappa shape index (κ2) is 12.7. The molecule has 5 atom stereocenters. The van der Waals surface area contributed by atoms with E-state index in [2.05, 4.69) is 20.0 Å². The van der Waals surface area contributed by atoms with Crippen LogP contribution in [0.2, 0.25) is 0 Å². The van der Waals surface area contributed by atoms with Gasteiger partial charge in [-0.15, -0.1) is 0 Å². The highest BCUT2D eigenvalue weighted by Crippen LogP contribution is 2.50. The summed E-state index contributed by atoms with van der Waals surface area (Å²) in [6.07, 6.45) is -3.02. The van der Waals surface area contributed by atoms with Crippen molar-refractivity contribution in [2.24, 2.45) is 0 Å². The van der Waals surface area contributed by atoms with E-state index in [0.29, 0.717) is 6.61 Å². The van der Waals surface area contributed by atoms with Crippen LogP contribution in [-0.4, -0.2) is 72.5 Å². The van der Waals surface area contributed by atoms with E-state index in [4.69, 9.17) is 52.2 Å². The number of hydrogen-bond acceptors (Lipinski definition) is 12. The molecule has 2 aromatic heterocycles. The van der Waals surface area contributed by atoms with Crippen molar-refractivity contribution < 1.29 is 37.7 Å². The van der Waals surface area contributed by atoms with Gasteiger partial charge in [0.1, 0.15) is 24.0 Å². The number of nitrogens with one attached hydrogen (secondary N) is 1. The minimum absolute atomic E-state index is 0.0916. The van der Waals surface area contributed by atoms with Crippen molar-refractivity contribution in [2.45, 2.75) is 62.6 Å². The molecule has 17 heteroatoms. The molecule has 4 N–H and O–H groups in total. The molecular formula is C24H31Cl2N6O8P. The van der Waals surface area contributed by atoms with Crippen molar-refractivity contribution in [2.75, 3.05) is 18.9 Å². The molecule has 1 aliphatic heterocycles. The largest absolute Gasteiger partial charge is 0.476 e. The molecule has 1 fully saturated rings. The monoisotopic (exact) mass is 632 g/mol. The maximum atomic E-state index is 13.8. The highest BCUT2D eigenvalue weighted by Gasteiger charge is 2.56. The number of nitrogens with two attached hydrogens (primary N) is 1. The van der Waals surface area contributed by atoms with Gasteiger partial charge in [-0.3, -0.25) is 13.9 Å². The number of benzene rings is 1. The number of alkyl halides is 2. The lowest BCUT2D eigenvalue weighted by molar-refractivity contribution is -0.149. The molecule has 0 aliphatic carbocycles. The van der Waals surface area contributed by atoms with Crippen LogP contribution in [0.4, 0.5) is 5.95 Å². The lowest BCUT2D eigenvalue weighted by atomic mass is 10.2. The Morgan fingerprint density at radius 2 is 1.98 bits per heavy atom. The molecule has 41 heavy (non-hydrogen) atoms.